The molecule has 0 radical (unpaired) electrons. The molecule has 0 aliphatic carbocycles. The van der Waals surface area contributed by atoms with Crippen molar-refractivity contribution in [1.29, 1.82) is 0 Å². The lowest BCUT2D eigenvalue weighted by atomic mass is 9.95. The average Bonchev–Trinajstić information content (AvgIpc) is 3.59. The van der Waals surface area contributed by atoms with E-state index >= 15 is 0 Å². The van der Waals surface area contributed by atoms with Crippen molar-refractivity contribution in [1.82, 2.24) is 4.57 Å². The lowest BCUT2D eigenvalue weighted by molar-refractivity contribution is -0.139. The molecule has 12 heteroatoms. The first kappa shape index (κ1) is 29.8. The number of rotatable bonds is 8. The van der Waals surface area contributed by atoms with E-state index in [1.54, 1.807) is 69.5 Å². The third-order valence-electron chi connectivity index (χ3n) is 7.11. The standard InChI is InChI=1S/C32H26Cl2N2O7S/c1-4-40-31(38)28-17(2)35-32-36(29(28)19-7-10-24-26(13-19)43-16-42-24)30(37)27(44-32)12-18-5-9-23(25(11-18)39-3)41-15-20-6-8-21(33)14-22(20)34/h5-14,29H,4,15-16H2,1-3H3/b27-12-/t29-/m0/s1. The molecule has 0 fully saturated rings. The predicted molar refractivity (Wildman–Crippen MR) is 167 cm³/mol. The van der Waals surface area contributed by atoms with Gasteiger partial charge in [0.15, 0.2) is 27.8 Å². The number of hydrogen-bond acceptors (Lipinski definition) is 9. The van der Waals surface area contributed by atoms with Crippen molar-refractivity contribution in [2.75, 3.05) is 20.5 Å². The van der Waals surface area contributed by atoms with E-state index in [0.717, 1.165) is 5.56 Å². The molecular formula is C32H26Cl2N2O7S. The monoisotopic (exact) mass is 652 g/mol. The molecule has 2 aliphatic heterocycles. The fourth-order valence-corrected chi connectivity index (χ4v) is 6.54. The zero-order valence-corrected chi connectivity index (χ0v) is 26.2. The third kappa shape index (κ3) is 5.68. The highest BCUT2D eigenvalue weighted by Crippen LogP contribution is 2.38. The SMILES string of the molecule is CCOC(=O)C1=C(C)N=c2s/c(=C\c3ccc(OCc4ccc(Cl)cc4Cl)c(OC)c3)c(=O)n2[C@H]1c1ccc2c(c1)OCO2. The van der Waals surface area contributed by atoms with E-state index in [1.807, 2.05) is 12.1 Å². The van der Waals surface area contributed by atoms with Gasteiger partial charge in [-0.25, -0.2) is 9.79 Å². The van der Waals surface area contributed by atoms with Gasteiger partial charge in [-0.2, -0.15) is 0 Å². The van der Waals surface area contributed by atoms with Gasteiger partial charge in [-0.15, -0.1) is 0 Å². The number of ether oxygens (including phenoxy) is 5. The lowest BCUT2D eigenvalue weighted by Crippen LogP contribution is -2.39. The number of thiazole rings is 1. The van der Waals surface area contributed by atoms with E-state index in [0.29, 0.717) is 59.2 Å². The van der Waals surface area contributed by atoms with Gasteiger partial charge in [-0.3, -0.25) is 9.36 Å². The summed E-state index contributed by atoms with van der Waals surface area (Å²) in [5.41, 5.74) is 2.62. The maximum atomic E-state index is 14.0. The van der Waals surface area contributed by atoms with Crippen molar-refractivity contribution in [3.8, 4) is 23.0 Å². The number of aromatic nitrogens is 1. The first-order chi connectivity index (χ1) is 21.3. The number of benzene rings is 3. The van der Waals surface area contributed by atoms with Crippen LogP contribution in [0.2, 0.25) is 10.0 Å². The van der Waals surface area contributed by atoms with Gasteiger partial charge in [0.1, 0.15) is 6.61 Å². The van der Waals surface area contributed by atoms with Gasteiger partial charge in [-0.05, 0) is 67.4 Å². The highest BCUT2D eigenvalue weighted by Gasteiger charge is 2.34. The maximum Gasteiger partial charge on any atom is 0.338 e. The van der Waals surface area contributed by atoms with Crippen LogP contribution in [-0.2, 0) is 16.1 Å². The second kappa shape index (κ2) is 12.4. The number of hydrogen-bond donors (Lipinski definition) is 0. The number of halogens is 2. The fourth-order valence-electron chi connectivity index (χ4n) is 5.03. The molecule has 4 aromatic rings. The van der Waals surface area contributed by atoms with E-state index in [2.05, 4.69) is 4.99 Å². The van der Waals surface area contributed by atoms with E-state index in [1.165, 1.54) is 15.9 Å². The maximum absolute atomic E-state index is 14.0. The Labute approximate surface area is 266 Å². The van der Waals surface area contributed by atoms with Crippen molar-refractivity contribution in [3.63, 3.8) is 0 Å². The first-order valence-corrected chi connectivity index (χ1v) is 15.2. The van der Waals surface area contributed by atoms with E-state index in [-0.39, 0.29) is 31.1 Å². The van der Waals surface area contributed by atoms with Crippen LogP contribution in [0.15, 0.2) is 75.7 Å². The van der Waals surface area contributed by atoms with Crippen LogP contribution < -0.4 is 33.8 Å². The molecule has 0 saturated heterocycles. The van der Waals surface area contributed by atoms with Crippen LogP contribution >= 0.6 is 34.5 Å². The Hall–Kier alpha value is -4.25. The number of carbonyl (C=O) groups excluding carboxylic acids is 1. The molecule has 0 saturated carbocycles. The van der Waals surface area contributed by atoms with Gasteiger partial charge in [0.2, 0.25) is 6.79 Å². The minimum Gasteiger partial charge on any atom is -0.493 e. The van der Waals surface area contributed by atoms with Gasteiger partial charge in [0.25, 0.3) is 5.56 Å². The van der Waals surface area contributed by atoms with Gasteiger partial charge in [-0.1, -0.05) is 52.7 Å². The summed E-state index contributed by atoms with van der Waals surface area (Å²) in [5.74, 6) is 1.59. The quantitative estimate of drug-likeness (QED) is 0.234. The summed E-state index contributed by atoms with van der Waals surface area (Å²) in [5, 5.41) is 1.05. The molecule has 0 unspecified atom stereocenters. The summed E-state index contributed by atoms with van der Waals surface area (Å²) in [4.78, 5) is 32.2. The van der Waals surface area contributed by atoms with Crippen LogP contribution in [0.1, 0.15) is 36.6 Å². The molecule has 9 nitrogen and oxygen atoms in total. The van der Waals surface area contributed by atoms with Gasteiger partial charge < -0.3 is 23.7 Å². The summed E-state index contributed by atoms with van der Waals surface area (Å²) >= 11 is 13.5. The summed E-state index contributed by atoms with van der Waals surface area (Å²) in [6.07, 6.45) is 1.76. The Kier molecular flexibility index (Phi) is 8.40. The molecule has 0 bridgehead atoms. The van der Waals surface area contributed by atoms with Crippen molar-refractivity contribution in [2.24, 2.45) is 4.99 Å². The number of nitrogens with zero attached hydrogens (tertiary/aromatic N) is 2. The Morgan fingerprint density at radius 1 is 1.09 bits per heavy atom. The van der Waals surface area contributed by atoms with Gasteiger partial charge >= 0.3 is 5.97 Å². The molecule has 1 aromatic heterocycles. The van der Waals surface area contributed by atoms with Crippen molar-refractivity contribution in [3.05, 3.63) is 112 Å². The largest absolute Gasteiger partial charge is 0.493 e. The molecule has 0 N–H and O–H groups in total. The number of fused-ring (bicyclic) bond motifs is 2. The van der Waals surface area contributed by atoms with Crippen molar-refractivity contribution >= 4 is 46.6 Å². The Balaban J connectivity index is 1.38. The highest BCUT2D eigenvalue weighted by molar-refractivity contribution is 7.07. The van der Waals surface area contributed by atoms with Crippen LogP contribution in [-0.4, -0.2) is 31.0 Å². The third-order valence-corrected chi connectivity index (χ3v) is 8.68. The molecule has 6 rings (SSSR count). The predicted octanol–water partition coefficient (Wildman–Crippen LogP) is 5.42. The van der Waals surface area contributed by atoms with Crippen LogP contribution in [0.25, 0.3) is 6.08 Å². The normalized spacial score (nSPS) is 15.6. The van der Waals surface area contributed by atoms with E-state index in [4.69, 9.17) is 46.9 Å². The zero-order valence-electron chi connectivity index (χ0n) is 23.9. The molecular weight excluding hydrogens is 627 g/mol. The zero-order chi connectivity index (χ0) is 31.0. The molecule has 0 amide bonds. The van der Waals surface area contributed by atoms with Crippen LogP contribution in [0.5, 0.6) is 23.0 Å². The molecule has 3 aromatic carbocycles. The molecule has 44 heavy (non-hydrogen) atoms. The second-order valence-electron chi connectivity index (χ2n) is 9.85. The molecule has 3 heterocycles. The summed E-state index contributed by atoms with van der Waals surface area (Å²) < 4.78 is 29.9. The number of methoxy groups -OCH3 is 1. The topological polar surface area (TPSA) is 97.6 Å². The van der Waals surface area contributed by atoms with Crippen molar-refractivity contribution < 1.29 is 28.5 Å². The van der Waals surface area contributed by atoms with Crippen LogP contribution in [0, 0.1) is 0 Å². The lowest BCUT2D eigenvalue weighted by Gasteiger charge is -2.24. The van der Waals surface area contributed by atoms with Gasteiger partial charge in [0, 0.05) is 15.6 Å². The average molecular weight is 654 g/mol. The minimum absolute atomic E-state index is 0.101. The minimum atomic E-state index is -0.771. The van der Waals surface area contributed by atoms with Gasteiger partial charge in [0.05, 0.1) is 35.6 Å². The highest BCUT2D eigenvalue weighted by atomic mass is 35.5. The molecule has 1 atom stereocenters. The fraction of sp³-hybridized carbons (Fsp3) is 0.219. The Morgan fingerprint density at radius 3 is 2.68 bits per heavy atom. The van der Waals surface area contributed by atoms with Crippen LogP contribution in [0.3, 0.4) is 0 Å². The number of esters is 1. The Bertz CT molecular complexity index is 2000. The second-order valence-corrected chi connectivity index (χ2v) is 11.7. The number of allylic oxidation sites excluding steroid dienone is 1. The van der Waals surface area contributed by atoms with Crippen LogP contribution in [0.4, 0.5) is 0 Å². The first-order valence-electron chi connectivity index (χ1n) is 13.6. The summed E-state index contributed by atoms with van der Waals surface area (Å²) in [6, 6.07) is 15.2. The number of carbonyl (C=O) groups is 1. The summed E-state index contributed by atoms with van der Waals surface area (Å²) in [6.45, 7) is 3.97. The molecule has 226 valence electrons. The Morgan fingerprint density at radius 2 is 1.91 bits per heavy atom. The smallest absolute Gasteiger partial charge is 0.338 e. The molecule has 2 aliphatic rings. The summed E-state index contributed by atoms with van der Waals surface area (Å²) in [7, 11) is 1.54. The van der Waals surface area contributed by atoms with E-state index in [9.17, 15) is 9.59 Å². The van der Waals surface area contributed by atoms with E-state index < -0.39 is 12.0 Å². The van der Waals surface area contributed by atoms with Crippen molar-refractivity contribution in [2.45, 2.75) is 26.5 Å². The molecule has 0 spiro atoms.